The summed E-state index contributed by atoms with van der Waals surface area (Å²) in [7, 11) is -3.59. The number of anilines is 1. The van der Waals surface area contributed by atoms with E-state index in [2.05, 4.69) is 14.7 Å². The van der Waals surface area contributed by atoms with Crippen molar-refractivity contribution in [1.29, 1.82) is 0 Å². The first-order chi connectivity index (χ1) is 14.9. The molecule has 0 unspecified atom stereocenters. The molecular formula is C23H18FN3O3S. The Morgan fingerprint density at radius 3 is 2.65 bits per heavy atom. The van der Waals surface area contributed by atoms with Crippen LogP contribution in [0.25, 0.3) is 22.2 Å². The van der Waals surface area contributed by atoms with Crippen molar-refractivity contribution in [2.45, 2.75) is 13.3 Å². The Bertz CT molecular complexity index is 1460. The van der Waals surface area contributed by atoms with Crippen LogP contribution < -0.4 is 4.72 Å². The van der Waals surface area contributed by atoms with E-state index in [1.54, 1.807) is 12.1 Å². The molecule has 3 aromatic carbocycles. The second-order valence-corrected chi connectivity index (χ2v) is 9.28. The molecule has 0 bridgehead atoms. The van der Waals surface area contributed by atoms with E-state index in [-0.39, 0.29) is 11.4 Å². The predicted octanol–water partition coefficient (Wildman–Crippen LogP) is 5.07. The molecule has 1 aromatic heterocycles. The Kier molecular flexibility index (Phi) is 4.59. The average molecular weight is 435 g/mol. The zero-order valence-corrected chi connectivity index (χ0v) is 17.4. The number of halogens is 1. The summed E-state index contributed by atoms with van der Waals surface area (Å²) in [4.78, 5) is 9.17. The van der Waals surface area contributed by atoms with E-state index in [9.17, 15) is 12.8 Å². The van der Waals surface area contributed by atoms with E-state index in [0.29, 0.717) is 29.0 Å². The van der Waals surface area contributed by atoms with Gasteiger partial charge in [0.05, 0.1) is 17.1 Å². The molecule has 1 aliphatic rings. The number of aliphatic imine (C=N–C) groups is 1. The van der Waals surface area contributed by atoms with Crippen LogP contribution in [0.2, 0.25) is 0 Å². The highest BCUT2D eigenvalue weighted by Crippen LogP contribution is 2.31. The minimum Gasteiger partial charge on any atom is -0.435 e. The number of benzene rings is 3. The molecule has 0 aliphatic carbocycles. The van der Waals surface area contributed by atoms with Crippen LogP contribution in [-0.2, 0) is 16.4 Å². The van der Waals surface area contributed by atoms with E-state index >= 15 is 0 Å². The molecule has 31 heavy (non-hydrogen) atoms. The van der Waals surface area contributed by atoms with Crippen molar-refractivity contribution in [3.63, 3.8) is 0 Å². The number of aromatic nitrogens is 1. The molecule has 156 valence electrons. The van der Waals surface area contributed by atoms with Crippen LogP contribution in [0.1, 0.15) is 18.4 Å². The van der Waals surface area contributed by atoms with Gasteiger partial charge in [0.1, 0.15) is 17.0 Å². The quantitative estimate of drug-likeness (QED) is 0.474. The number of hydrogen-bond acceptors (Lipinski definition) is 5. The van der Waals surface area contributed by atoms with Gasteiger partial charge in [0.25, 0.3) is 0 Å². The third-order valence-electron chi connectivity index (χ3n) is 5.19. The fourth-order valence-electron chi connectivity index (χ4n) is 3.51. The first-order valence-corrected chi connectivity index (χ1v) is 11.4. The first-order valence-electron chi connectivity index (χ1n) is 9.79. The molecule has 0 saturated carbocycles. The van der Waals surface area contributed by atoms with Gasteiger partial charge in [0.15, 0.2) is 5.58 Å². The third-order valence-corrected chi connectivity index (χ3v) is 6.48. The highest BCUT2D eigenvalue weighted by atomic mass is 32.2. The monoisotopic (exact) mass is 435 g/mol. The Hall–Kier alpha value is -3.52. The SMILES string of the molecule is CCS(=O)(=O)Nc1cc(-c2ccc3nc(C4=Nc5ccccc5C4)oc3c2)ccc1F. The second-order valence-electron chi connectivity index (χ2n) is 7.27. The maximum atomic E-state index is 14.1. The molecule has 8 heteroatoms. The van der Waals surface area contributed by atoms with Gasteiger partial charge in [-0.05, 0) is 53.9 Å². The van der Waals surface area contributed by atoms with Gasteiger partial charge in [-0.1, -0.05) is 30.3 Å². The molecule has 1 N–H and O–H groups in total. The highest BCUT2D eigenvalue weighted by molar-refractivity contribution is 7.92. The summed E-state index contributed by atoms with van der Waals surface area (Å²) in [6, 6.07) is 17.7. The molecule has 0 saturated heterocycles. The van der Waals surface area contributed by atoms with Crippen LogP contribution in [0.3, 0.4) is 0 Å². The molecule has 1 aliphatic heterocycles. The summed E-state index contributed by atoms with van der Waals surface area (Å²) in [5, 5.41) is 0. The van der Waals surface area contributed by atoms with E-state index in [0.717, 1.165) is 22.5 Å². The number of para-hydroxylation sites is 1. The Balaban J connectivity index is 1.49. The number of oxazole rings is 1. The van der Waals surface area contributed by atoms with Crippen molar-refractivity contribution in [2.24, 2.45) is 4.99 Å². The molecule has 2 heterocycles. The molecule has 0 atom stereocenters. The van der Waals surface area contributed by atoms with Crippen molar-refractivity contribution in [3.8, 4) is 11.1 Å². The lowest BCUT2D eigenvalue weighted by atomic mass is 10.0. The third kappa shape index (κ3) is 3.70. The molecule has 0 spiro atoms. The summed E-state index contributed by atoms with van der Waals surface area (Å²) in [6.07, 6.45) is 0.661. The standard InChI is InChI=1S/C23H18FN3O3S/c1-2-31(28,29)27-20-11-14(7-9-17(20)24)15-8-10-19-22(13-15)30-23(26-19)21-12-16-5-3-4-6-18(16)25-21/h3-11,13,27H,2,12H2,1H3. The van der Waals surface area contributed by atoms with E-state index < -0.39 is 15.8 Å². The molecule has 0 amide bonds. The maximum Gasteiger partial charge on any atom is 0.242 e. The van der Waals surface area contributed by atoms with Crippen LogP contribution >= 0.6 is 0 Å². The number of sulfonamides is 1. The lowest BCUT2D eigenvalue weighted by Crippen LogP contribution is -2.15. The normalized spacial score (nSPS) is 13.3. The molecule has 6 nitrogen and oxygen atoms in total. The van der Waals surface area contributed by atoms with Gasteiger partial charge in [-0.25, -0.2) is 22.8 Å². The summed E-state index contributed by atoms with van der Waals surface area (Å²) >= 11 is 0. The van der Waals surface area contributed by atoms with Gasteiger partial charge >= 0.3 is 0 Å². The molecule has 4 aromatic rings. The Morgan fingerprint density at radius 2 is 1.84 bits per heavy atom. The largest absolute Gasteiger partial charge is 0.435 e. The number of nitrogens with one attached hydrogen (secondary N) is 1. The van der Waals surface area contributed by atoms with Crippen molar-refractivity contribution in [2.75, 3.05) is 10.5 Å². The summed E-state index contributed by atoms with van der Waals surface area (Å²) in [6.45, 7) is 1.49. The van der Waals surface area contributed by atoms with Crippen molar-refractivity contribution in [1.82, 2.24) is 4.98 Å². The van der Waals surface area contributed by atoms with Crippen LogP contribution in [0.4, 0.5) is 15.8 Å². The van der Waals surface area contributed by atoms with E-state index in [1.807, 2.05) is 36.4 Å². The minimum atomic E-state index is -3.59. The molecule has 0 fully saturated rings. The lowest BCUT2D eigenvalue weighted by molar-refractivity contribution is 0.589. The topological polar surface area (TPSA) is 84.6 Å². The average Bonchev–Trinajstić information content (AvgIpc) is 3.38. The van der Waals surface area contributed by atoms with Crippen LogP contribution in [0.5, 0.6) is 0 Å². The Labute approximate surface area is 178 Å². The number of rotatable bonds is 5. The number of nitrogens with zero attached hydrogens (tertiary/aromatic N) is 2. The Morgan fingerprint density at radius 1 is 1.06 bits per heavy atom. The van der Waals surface area contributed by atoms with Gasteiger partial charge in [0, 0.05) is 6.42 Å². The van der Waals surface area contributed by atoms with E-state index in [1.165, 1.54) is 19.1 Å². The van der Waals surface area contributed by atoms with Crippen LogP contribution in [0.15, 0.2) is 70.1 Å². The maximum absolute atomic E-state index is 14.1. The lowest BCUT2D eigenvalue weighted by Gasteiger charge is -2.09. The number of hydrogen-bond donors (Lipinski definition) is 1. The van der Waals surface area contributed by atoms with Crippen molar-refractivity contribution >= 4 is 38.2 Å². The van der Waals surface area contributed by atoms with Gasteiger partial charge < -0.3 is 4.42 Å². The predicted molar refractivity (Wildman–Crippen MR) is 119 cm³/mol. The van der Waals surface area contributed by atoms with Crippen molar-refractivity contribution in [3.05, 3.63) is 77.9 Å². The summed E-state index contributed by atoms with van der Waals surface area (Å²) < 4.78 is 46.1. The van der Waals surface area contributed by atoms with Gasteiger partial charge in [-0.15, -0.1) is 0 Å². The molecule has 0 radical (unpaired) electrons. The van der Waals surface area contributed by atoms with Crippen LogP contribution in [-0.4, -0.2) is 24.9 Å². The van der Waals surface area contributed by atoms with Crippen LogP contribution in [0, 0.1) is 5.82 Å². The molecular weight excluding hydrogens is 417 g/mol. The molecule has 5 rings (SSSR count). The van der Waals surface area contributed by atoms with Crippen molar-refractivity contribution < 1.29 is 17.2 Å². The first kappa shape index (κ1) is 19.4. The fourth-order valence-corrected chi connectivity index (χ4v) is 4.14. The van der Waals surface area contributed by atoms with Gasteiger partial charge in [-0.3, -0.25) is 4.72 Å². The smallest absolute Gasteiger partial charge is 0.242 e. The number of fused-ring (bicyclic) bond motifs is 2. The summed E-state index contributed by atoms with van der Waals surface area (Å²) in [5.41, 5.74) is 5.41. The highest BCUT2D eigenvalue weighted by Gasteiger charge is 2.20. The fraction of sp³-hybridized carbons (Fsp3) is 0.130. The zero-order chi connectivity index (χ0) is 21.6. The van der Waals surface area contributed by atoms with Gasteiger partial charge in [0.2, 0.25) is 15.9 Å². The van der Waals surface area contributed by atoms with Gasteiger partial charge in [-0.2, -0.15) is 0 Å². The zero-order valence-electron chi connectivity index (χ0n) is 16.6. The second kappa shape index (κ2) is 7.31. The minimum absolute atomic E-state index is 0.0872. The summed E-state index contributed by atoms with van der Waals surface area (Å²) in [5.74, 6) is -0.307. The van der Waals surface area contributed by atoms with E-state index in [4.69, 9.17) is 4.42 Å².